The largest absolute Gasteiger partial charge is 0.507 e. The number of phenols is 1. The molecule has 0 spiro atoms. The highest BCUT2D eigenvalue weighted by molar-refractivity contribution is 5.95. The van der Waals surface area contributed by atoms with Gasteiger partial charge in [-0.2, -0.15) is 0 Å². The highest BCUT2D eigenvalue weighted by Gasteiger charge is 2.21. The van der Waals surface area contributed by atoms with Gasteiger partial charge in [-0.25, -0.2) is 4.79 Å². The van der Waals surface area contributed by atoms with Crippen LogP contribution in [0.4, 0.5) is 0 Å². The average Bonchev–Trinajstić information content (AvgIpc) is 2.46. The van der Waals surface area contributed by atoms with E-state index in [1.54, 1.807) is 6.08 Å². The van der Waals surface area contributed by atoms with Crippen LogP contribution < -0.4 is 4.74 Å². The van der Waals surface area contributed by atoms with Crippen LogP contribution in [0.15, 0.2) is 24.3 Å². The van der Waals surface area contributed by atoms with Crippen molar-refractivity contribution in [3.63, 3.8) is 0 Å². The molecule has 1 aromatic rings. The maximum Gasteiger partial charge on any atom is 0.341 e. The zero-order valence-corrected chi connectivity index (χ0v) is 12.2. The summed E-state index contributed by atoms with van der Waals surface area (Å²) in [6.07, 6.45) is 3.43. The van der Waals surface area contributed by atoms with Crippen molar-refractivity contribution in [3.8, 4) is 11.5 Å². The molecule has 1 aromatic carbocycles. The minimum absolute atomic E-state index is 0.0683. The van der Waals surface area contributed by atoms with Gasteiger partial charge in [-0.1, -0.05) is 12.2 Å². The lowest BCUT2D eigenvalue weighted by atomic mass is 10.0. The van der Waals surface area contributed by atoms with E-state index in [-0.39, 0.29) is 23.3 Å². The number of methoxy groups -OCH3 is 2. The first-order valence-electron chi connectivity index (χ1n) is 6.28. The number of rotatable bonds is 6. The summed E-state index contributed by atoms with van der Waals surface area (Å²) in [5, 5.41) is 9.96. The highest BCUT2D eigenvalue weighted by atomic mass is 16.5. The summed E-state index contributed by atoms with van der Waals surface area (Å²) >= 11 is 0. The second kappa shape index (κ2) is 7.94. The molecule has 0 aliphatic rings. The Bertz CT molecular complexity index is 547. The van der Waals surface area contributed by atoms with Crippen LogP contribution >= 0.6 is 0 Å². The van der Waals surface area contributed by atoms with E-state index in [2.05, 4.69) is 9.47 Å². The summed E-state index contributed by atoms with van der Waals surface area (Å²) in [6, 6.07) is 2.81. The van der Waals surface area contributed by atoms with E-state index in [1.165, 1.54) is 26.4 Å². The van der Waals surface area contributed by atoms with E-state index in [0.717, 1.165) is 0 Å². The molecular weight excluding hydrogens is 276 g/mol. The number of benzene rings is 1. The van der Waals surface area contributed by atoms with E-state index < -0.39 is 11.9 Å². The van der Waals surface area contributed by atoms with Gasteiger partial charge in [0.2, 0.25) is 0 Å². The first-order chi connectivity index (χ1) is 10.0. The van der Waals surface area contributed by atoms with E-state index >= 15 is 0 Å². The quantitative estimate of drug-likeness (QED) is 0.637. The summed E-state index contributed by atoms with van der Waals surface area (Å²) in [4.78, 5) is 23.1. The van der Waals surface area contributed by atoms with Crippen LogP contribution in [-0.2, 0) is 20.7 Å². The number of phenolic OH excluding ortho intramolecular Hbond substituents is 1. The molecule has 0 aliphatic carbocycles. The lowest BCUT2D eigenvalue weighted by Gasteiger charge is -2.12. The van der Waals surface area contributed by atoms with Crippen LogP contribution in [0.2, 0.25) is 0 Å². The third kappa shape index (κ3) is 4.52. The van der Waals surface area contributed by atoms with Crippen LogP contribution in [0, 0.1) is 0 Å². The fraction of sp³-hybridized carbons (Fsp3) is 0.333. The Balaban J connectivity index is 3.18. The lowest BCUT2D eigenvalue weighted by molar-refractivity contribution is -0.139. The summed E-state index contributed by atoms with van der Waals surface area (Å²) in [5.41, 5.74) is 0.213. The number of ether oxygens (including phenoxy) is 3. The number of allylic oxidation sites excluding steroid dienone is 1. The maximum absolute atomic E-state index is 11.7. The van der Waals surface area contributed by atoms with Crippen molar-refractivity contribution in [2.75, 3.05) is 20.8 Å². The lowest BCUT2D eigenvalue weighted by Crippen LogP contribution is -2.12. The molecule has 0 fully saturated rings. The van der Waals surface area contributed by atoms with Crippen LogP contribution in [-0.4, -0.2) is 37.9 Å². The van der Waals surface area contributed by atoms with Gasteiger partial charge in [-0.3, -0.25) is 4.79 Å². The second-order valence-electron chi connectivity index (χ2n) is 4.10. The zero-order chi connectivity index (χ0) is 15.8. The van der Waals surface area contributed by atoms with E-state index in [1.807, 2.05) is 13.0 Å². The Morgan fingerprint density at radius 1 is 1.24 bits per heavy atom. The molecule has 0 aromatic heterocycles. The average molecular weight is 294 g/mol. The number of hydrogen-bond donors (Lipinski definition) is 1. The SMILES string of the molecule is C/C=C/COc1cc(O)c(C(=O)OC)c(CC(=O)OC)c1. The minimum atomic E-state index is -0.730. The summed E-state index contributed by atoms with van der Waals surface area (Å²) in [5.74, 6) is -1.23. The van der Waals surface area contributed by atoms with Crippen molar-refractivity contribution in [3.05, 3.63) is 35.4 Å². The Morgan fingerprint density at radius 3 is 2.52 bits per heavy atom. The molecule has 114 valence electrons. The van der Waals surface area contributed by atoms with Crippen molar-refractivity contribution in [2.24, 2.45) is 0 Å². The molecule has 21 heavy (non-hydrogen) atoms. The smallest absolute Gasteiger partial charge is 0.341 e. The summed E-state index contributed by atoms with van der Waals surface area (Å²) in [6.45, 7) is 2.16. The summed E-state index contributed by atoms with van der Waals surface area (Å²) < 4.78 is 14.6. The zero-order valence-electron chi connectivity index (χ0n) is 12.2. The third-order valence-electron chi connectivity index (χ3n) is 2.71. The molecule has 0 saturated carbocycles. The predicted molar refractivity (Wildman–Crippen MR) is 75.5 cm³/mol. The van der Waals surface area contributed by atoms with Crippen LogP contribution in [0.1, 0.15) is 22.8 Å². The molecule has 1 rings (SSSR count). The molecule has 0 aliphatic heterocycles. The van der Waals surface area contributed by atoms with Gasteiger partial charge in [0.15, 0.2) is 0 Å². The van der Waals surface area contributed by atoms with Crippen molar-refractivity contribution >= 4 is 11.9 Å². The number of esters is 2. The van der Waals surface area contributed by atoms with Gasteiger partial charge in [0.25, 0.3) is 0 Å². The molecule has 6 heteroatoms. The molecule has 0 amide bonds. The molecule has 6 nitrogen and oxygen atoms in total. The molecular formula is C15H18O6. The van der Waals surface area contributed by atoms with Gasteiger partial charge in [0, 0.05) is 6.07 Å². The minimum Gasteiger partial charge on any atom is -0.507 e. The Kier molecular flexibility index (Phi) is 6.26. The first kappa shape index (κ1) is 16.6. The molecule has 0 saturated heterocycles. The topological polar surface area (TPSA) is 82.1 Å². The van der Waals surface area contributed by atoms with Crippen molar-refractivity contribution in [2.45, 2.75) is 13.3 Å². The van der Waals surface area contributed by atoms with Gasteiger partial charge < -0.3 is 19.3 Å². The predicted octanol–water partition coefficient (Wildman–Crippen LogP) is 1.85. The standard InChI is InChI=1S/C15H18O6/c1-4-5-6-21-11-7-10(8-13(17)19-2)14(12(16)9-11)15(18)20-3/h4-5,7,9,16H,6,8H2,1-3H3/b5-4+. The van der Waals surface area contributed by atoms with Gasteiger partial charge >= 0.3 is 11.9 Å². The van der Waals surface area contributed by atoms with E-state index in [4.69, 9.17) is 4.74 Å². The molecule has 0 radical (unpaired) electrons. The van der Waals surface area contributed by atoms with E-state index in [0.29, 0.717) is 12.4 Å². The van der Waals surface area contributed by atoms with E-state index in [9.17, 15) is 14.7 Å². The normalized spacial score (nSPS) is 10.4. The summed E-state index contributed by atoms with van der Waals surface area (Å²) in [7, 11) is 2.44. The Morgan fingerprint density at radius 2 is 1.95 bits per heavy atom. The maximum atomic E-state index is 11.7. The highest BCUT2D eigenvalue weighted by Crippen LogP contribution is 2.29. The fourth-order valence-corrected chi connectivity index (χ4v) is 1.69. The fourth-order valence-electron chi connectivity index (χ4n) is 1.69. The monoisotopic (exact) mass is 294 g/mol. The molecule has 0 atom stereocenters. The number of aromatic hydroxyl groups is 1. The molecule has 0 heterocycles. The van der Waals surface area contributed by atoms with Crippen molar-refractivity contribution in [1.82, 2.24) is 0 Å². The van der Waals surface area contributed by atoms with Crippen molar-refractivity contribution < 1.29 is 28.9 Å². The van der Waals surface area contributed by atoms with Gasteiger partial charge in [-0.15, -0.1) is 0 Å². The molecule has 0 unspecified atom stereocenters. The number of carbonyl (C=O) groups is 2. The third-order valence-corrected chi connectivity index (χ3v) is 2.71. The molecule has 1 N–H and O–H groups in total. The van der Waals surface area contributed by atoms with Crippen LogP contribution in [0.3, 0.4) is 0 Å². The number of carbonyl (C=O) groups excluding carboxylic acids is 2. The van der Waals surface area contributed by atoms with Crippen molar-refractivity contribution in [1.29, 1.82) is 0 Å². The molecule has 0 bridgehead atoms. The van der Waals surface area contributed by atoms with Crippen LogP contribution in [0.25, 0.3) is 0 Å². The van der Waals surface area contributed by atoms with Gasteiger partial charge in [-0.05, 0) is 18.6 Å². The Hall–Kier alpha value is -2.50. The Labute approximate surface area is 122 Å². The van der Waals surface area contributed by atoms with Crippen LogP contribution in [0.5, 0.6) is 11.5 Å². The number of hydrogen-bond acceptors (Lipinski definition) is 6. The van der Waals surface area contributed by atoms with Gasteiger partial charge in [0.1, 0.15) is 23.7 Å². The first-order valence-corrected chi connectivity index (χ1v) is 6.28. The van der Waals surface area contributed by atoms with Gasteiger partial charge in [0.05, 0.1) is 20.6 Å². The second-order valence-corrected chi connectivity index (χ2v) is 4.10.